The summed E-state index contributed by atoms with van der Waals surface area (Å²) in [4.78, 5) is 7.35. The molecule has 2 atom stereocenters. The van der Waals surface area contributed by atoms with Crippen molar-refractivity contribution >= 4 is 5.82 Å². The predicted octanol–water partition coefficient (Wildman–Crippen LogP) is 2.57. The van der Waals surface area contributed by atoms with Crippen molar-refractivity contribution in [1.82, 2.24) is 10.3 Å². The van der Waals surface area contributed by atoms with Crippen molar-refractivity contribution in [3.63, 3.8) is 0 Å². The highest BCUT2D eigenvalue weighted by molar-refractivity contribution is 5.41. The fourth-order valence-corrected chi connectivity index (χ4v) is 3.70. The van der Waals surface area contributed by atoms with E-state index in [1.807, 2.05) is 0 Å². The summed E-state index contributed by atoms with van der Waals surface area (Å²) in [5, 5.41) is 3.55. The number of nitrogens with one attached hydrogen (secondary N) is 1. The minimum absolute atomic E-state index is 0.761. The van der Waals surface area contributed by atoms with Crippen LogP contribution in [0, 0.1) is 11.8 Å². The van der Waals surface area contributed by atoms with Gasteiger partial charge in [0.05, 0.1) is 5.69 Å². The van der Waals surface area contributed by atoms with Gasteiger partial charge in [-0.05, 0) is 49.7 Å². The number of aromatic nitrogens is 1. The lowest BCUT2D eigenvalue weighted by Gasteiger charge is -2.19. The van der Waals surface area contributed by atoms with E-state index in [1.54, 1.807) is 0 Å². The molecule has 3 nitrogen and oxygen atoms in total. The van der Waals surface area contributed by atoms with Crippen molar-refractivity contribution < 1.29 is 0 Å². The van der Waals surface area contributed by atoms with E-state index < -0.39 is 0 Å². The first kappa shape index (κ1) is 11.7. The summed E-state index contributed by atoms with van der Waals surface area (Å²) < 4.78 is 0. The molecule has 0 radical (unpaired) electrons. The van der Waals surface area contributed by atoms with E-state index in [1.165, 1.54) is 56.7 Å². The van der Waals surface area contributed by atoms with Crippen LogP contribution in [-0.2, 0) is 6.54 Å². The van der Waals surface area contributed by atoms with Gasteiger partial charge in [0.15, 0.2) is 0 Å². The highest BCUT2D eigenvalue weighted by atomic mass is 15.2. The molecular weight excluding hydrogens is 234 g/mol. The van der Waals surface area contributed by atoms with Crippen LogP contribution >= 0.6 is 0 Å². The molecule has 1 aliphatic heterocycles. The van der Waals surface area contributed by atoms with E-state index in [2.05, 4.69) is 28.4 Å². The molecular formula is C16H23N3. The third kappa shape index (κ3) is 2.48. The molecule has 0 spiro atoms. The largest absolute Gasteiger partial charge is 0.356 e. The van der Waals surface area contributed by atoms with Crippen molar-refractivity contribution in [2.45, 2.75) is 44.7 Å². The van der Waals surface area contributed by atoms with Gasteiger partial charge in [-0.2, -0.15) is 0 Å². The molecule has 2 unspecified atom stereocenters. The van der Waals surface area contributed by atoms with Gasteiger partial charge in [0.2, 0.25) is 0 Å². The average molecular weight is 257 g/mol. The molecule has 2 saturated carbocycles. The Labute approximate surface area is 115 Å². The van der Waals surface area contributed by atoms with E-state index in [0.29, 0.717) is 0 Å². The van der Waals surface area contributed by atoms with Crippen LogP contribution in [0.3, 0.4) is 0 Å². The van der Waals surface area contributed by atoms with Gasteiger partial charge in [-0.25, -0.2) is 4.98 Å². The van der Waals surface area contributed by atoms with Gasteiger partial charge in [0.25, 0.3) is 0 Å². The summed E-state index contributed by atoms with van der Waals surface area (Å²) in [5.41, 5.74) is 1.20. The number of nitrogens with zero attached hydrogens (tertiary/aromatic N) is 2. The Morgan fingerprint density at radius 3 is 2.63 bits per heavy atom. The minimum atomic E-state index is 0.761. The van der Waals surface area contributed by atoms with Crippen molar-refractivity contribution in [2.24, 2.45) is 11.8 Å². The van der Waals surface area contributed by atoms with Crippen LogP contribution in [0.15, 0.2) is 18.2 Å². The molecule has 2 aliphatic carbocycles. The summed E-state index contributed by atoms with van der Waals surface area (Å²) in [6.45, 7) is 3.40. The zero-order chi connectivity index (χ0) is 12.7. The van der Waals surface area contributed by atoms with E-state index >= 15 is 0 Å². The number of hydrogen-bond acceptors (Lipinski definition) is 3. The third-order valence-electron chi connectivity index (χ3n) is 4.99. The fourth-order valence-electron chi connectivity index (χ4n) is 3.70. The molecule has 3 aliphatic rings. The molecule has 102 valence electrons. The zero-order valence-corrected chi connectivity index (χ0v) is 11.5. The fraction of sp³-hybridized carbons (Fsp3) is 0.688. The lowest BCUT2D eigenvalue weighted by molar-refractivity contribution is 0.494. The predicted molar refractivity (Wildman–Crippen MR) is 77.1 cm³/mol. The standard InChI is InChI=1S/C16H23N3/c1-3-12-10-19(11-13(12)4-1)16-6-2-5-15(18-16)9-17-14-7-8-14/h2,5-6,12-14,17H,1,3-4,7-11H2. The van der Waals surface area contributed by atoms with Gasteiger partial charge in [-0.3, -0.25) is 0 Å². The van der Waals surface area contributed by atoms with Gasteiger partial charge < -0.3 is 10.2 Å². The van der Waals surface area contributed by atoms with E-state index in [-0.39, 0.29) is 0 Å². The van der Waals surface area contributed by atoms with Gasteiger partial charge >= 0.3 is 0 Å². The van der Waals surface area contributed by atoms with Gasteiger partial charge in [0.1, 0.15) is 5.82 Å². The van der Waals surface area contributed by atoms with Crippen LogP contribution in [0.5, 0.6) is 0 Å². The highest BCUT2D eigenvalue weighted by Crippen LogP contribution is 2.39. The molecule has 0 aromatic carbocycles. The molecule has 1 aromatic rings. The molecule has 1 N–H and O–H groups in total. The normalized spacial score (nSPS) is 29.8. The van der Waals surface area contributed by atoms with Crippen molar-refractivity contribution in [1.29, 1.82) is 0 Å². The number of fused-ring (bicyclic) bond motifs is 1. The van der Waals surface area contributed by atoms with Crippen LogP contribution < -0.4 is 10.2 Å². The summed E-state index contributed by atoms with van der Waals surface area (Å²) in [5.74, 6) is 3.08. The summed E-state index contributed by atoms with van der Waals surface area (Å²) in [6, 6.07) is 7.26. The monoisotopic (exact) mass is 257 g/mol. The van der Waals surface area contributed by atoms with Crippen molar-refractivity contribution in [2.75, 3.05) is 18.0 Å². The van der Waals surface area contributed by atoms with Crippen LogP contribution in [0.4, 0.5) is 5.82 Å². The maximum Gasteiger partial charge on any atom is 0.128 e. The maximum atomic E-state index is 4.85. The average Bonchev–Trinajstić information content (AvgIpc) is 3.01. The molecule has 1 aromatic heterocycles. The summed E-state index contributed by atoms with van der Waals surface area (Å²) >= 11 is 0. The Morgan fingerprint density at radius 2 is 1.89 bits per heavy atom. The van der Waals surface area contributed by atoms with Crippen LogP contribution in [0.1, 0.15) is 37.8 Å². The lowest BCUT2D eigenvalue weighted by Crippen LogP contribution is -2.23. The van der Waals surface area contributed by atoms with Crippen LogP contribution in [0.25, 0.3) is 0 Å². The van der Waals surface area contributed by atoms with Gasteiger partial charge in [-0.15, -0.1) is 0 Å². The van der Waals surface area contributed by atoms with Crippen molar-refractivity contribution in [3.05, 3.63) is 23.9 Å². The second-order valence-corrected chi connectivity index (χ2v) is 6.50. The van der Waals surface area contributed by atoms with E-state index in [0.717, 1.165) is 24.4 Å². The quantitative estimate of drug-likeness (QED) is 0.898. The molecule has 3 fully saturated rings. The number of hydrogen-bond donors (Lipinski definition) is 1. The molecule has 0 amide bonds. The molecule has 0 bridgehead atoms. The Hall–Kier alpha value is -1.09. The molecule has 2 heterocycles. The third-order valence-corrected chi connectivity index (χ3v) is 4.99. The summed E-state index contributed by atoms with van der Waals surface area (Å²) in [6.07, 6.45) is 7.00. The molecule has 3 heteroatoms. The second-order valence-electron chi connectivity index (χ2n) is 6.50. The first-order chi connectivity index (χ1) is 9.38. The smallest absolute Gasteiger partial charge is 0.128 e. The Kier molecular flexibility index (Phi) is 2.95. The number of rotatable bonds is 4. The first-order valence-corrected chi connectivity index (χ1v) is 7.83. The maximum absolute atomic E-state index is 4.85. The minimum Gasteiger partial charge on any atom is -0.356 e. The molecule has 19 heavy (non-hydrogen) atoms. The molecule has 4 rings (SSSR count). The Bertz CT molecular complexity index is 443. The van der Waals surface area contributed by atoms with Crippen LogP contribution in [-0.4, -0.2) is 24.1 Å². The second kappa shape index (κ2) is 4.78. The van der Waals surface area contributed by atoms with Gasteiger partial charge in [-0.1, -0.05) is 12.5 Å². The van der Waals surface area contributed by atoms with Gasteiger partial charge in [0, 0.05) is 25.7 Å². The first-order valence-electron chi connectivity index (χ1n) is 7.83. The zero-order valence-electron chi connectivity index (χ0n) is 11.5. The molecule has 1 saturated heterocycles. The highest BCUT2D eigenvalue weighted by Gasteiger charge is 2.36. The van der Waals surface area contributed by atoms with E-state index in [9.17, 15) is 0 Å². The Morgan fingerprint density at radius 1 is 1.11 bits per heavy atom. The number of pyridine rings is 1. The van der Waals surface area contributed by atoms with E-state index in [4.69, 9.17) is 4.98 Å². The SMILES string of the molecule is c1cc(CNC2CC2)nc(N2CC3CCCC3C2)c1. The summed E-state index contributed by atoms with van der Waals surface area (Å²) in [7, 11) is 0. The van der Waals surface area contributed by atoms with Crippen LogP contribution in [0.2, 0.25) is 0 Å². The Balaban J connectivity index is 1.43. The lowest BCUT2D eigenvalue weighted by atomic mass is 10.0. The van der Waals surface area contributed by atoms with Crippen molar-refractivity contribution in [3.8, 4) is 0 Å². The topological polar surface area (TPSA) is 28.2 Å². The number of anilines is 1.